The first-order valence-corrected chi connectivity index (χ1v) is 9.86. The number of methoxy groups -OCH3 is 2. The van der Waals surface area contributed by atoms with E-state index in [0.29, 0.717) is 11.5 Å². The SMILES string of the molecule is CCNC(=NCC1(CCOC)CC1)N1CCC(OCCCOC)CC1.I. The molecule has 1 aliphatic heterocycles. The number of guanidine groups is 1. The number of rotatable bonds is 11. The van der Waals surface area contributed by atoms with Gasteiger partial charge in [-0.05, 0) is 50.9 Å². The zero-order valence-electron chi connectivity index (χ0n) is 16.8. The molecule has 0 aromatic heterocycles. The molecule has 1 saturated carbocycles. The van der Waals surface area contributed by atoms with Crippen LogP contribution < -0.4 is 5.32 Å². The summed E-state index contributed by atoms with van der Waals surface area (Å²) in [7, 11) is 3.52. The summed E-state index contributed by atoms with van der Waals surface area (Å²) in [6.07, 6.45) is 7.22. The zero-order chi connectivity index (χ0) is 18.0. The monoisotopic (exact) mass is 483 g/mol. The molecule has 6 nitrogen and oxygen atoms in total. The van der Waals surface area contributed by atoms with Crippen LogP contribution in [0, 0.1) is 5.41 Å². The summed E-state index contributed by atoms with van der Waals surface area (Å²) in [5.74, 6) is 1.07. The third kappa shape index (κ3) is 8.27. The lowest BCUT2D eigenvalue weighted by Gasteiger charge is -2.34. The zero-order valence-corrected chi connectivity index (χ0v) is 19.1. The molecular formula is C19H38IN3O3. The minimum Gasteiger partial charge on any atom is -0.385 e. The van der Waals surface area contributed by atoms with Crippen LogP contribution in [0.5, 0.6) is 0 Å². The molecule has 2 rings (SSSR count). The van der Waals surface area contributed by atoms with E-state index in [1.807, 2.05) is 0 Å². The van der Waals surface area contributed by atoms with Crippen LogP contribution >= 0.6 is 24.0 Å². The average molecular weight is 483 g/mol. The van der Waals surface area contributed by atoms with Gasteiger partial charge in [-0.2, -0.15) is 0 Å². The van der Waals surface area contributed by atoms with E-state index in [2.05, 4.69) is 17.1 Å². The summed E-state index contributed by atoms with van der Waals surface area (Å²) in [5.41, 5.74) is 0.402. The van der Waals surface area contributed by atoms with E-state index in [1.54, 1.807) is 14.2 Å². The van der Waals surface area contributed by atoms with Crippen LogP contribution in [0.15, 0.2) is 4.99 Å². The molecule has 1 N–H and O–H groups in total. The van der Waals surface area contributed by atoms with Crippen molar-refractivity contribution in [3.63, 3.8) is 0 Å². The average Bonchev–Trinajstić information content (AvgIpc) is 3.41. The van der Waals surface area contributed by atoms with Gasteiger partial charge in [0, 0.05) is 60.2 Å². The molecule has 1 saturated heterocycles. The number of hydrogen-bond donors (Lipinski definition) is 1. The minimum atomic E-state index is 0. The van der Waals surface area contributed by atoms with Crippen molar-refractivity contribution in [2.24, 2.45) is 10.4 Å². The number of halogens is 1. The van der Waals surface area contributed by atoms with Crippen LogP contribution in [0.1, 0.15) is 45.4 Å². The van der Waals surface area contributed by atoms with Crippen molar-refractivity contribution in [1.82, 2.24) is 10.2 Å². The van der Waals surface area contributed by atoms with Crippen LogP contribution in [-0.4, -0.2) is 77.2 Å². The Morgan fingerprint density at radius 1 is 1.12 bits per heavy atom. The fourth-order valence-electron chi connectivity index (χ4n) is 3.34. The second-order valence-electron chi connectivity index (χ2n) is 7.32. The molecule has 1 heterocycles. The molecular weight excluding hydrogens is 445 g/mol. The Bertz CT molecular complexity index is 397. The Kier molecular flexibility index (Phi) is 12.1. The molecule has 26 heavy (non-hydrogen) atoms. The number of piperidine rings is 1. The molecule has 0 unspecified atom stereocenters. The van der Waals surface area contributed by atoms with Crippen LogP contribution in [-0.2, 0) is 14.2 Å². The molecule has 2 aliphatic rings. The first kappa shape index (κ1) is 23.9. The number of ether oxygens (including phenoxy) is 3. The van der Waals surface area contributed by atoms with E-state index >= 15 is 0 Å². The number of nitrogens with one attached hydrogen (secondary N) is 1. The summed E-state index contributed by atoms with van der Waals surface area (Å²) >= 11 is 0. The van der Waals surface area contributed by atoms with Crippen molar-refractivity contribution in [3.8, 4) is 0 Å². The van der Waals surface area contributed by atoms with E-state index in [0.717, 1.165) is 77.6 Å². The third-order valence-electron chi connectivity index (χ3n) is 5.28. The van der Waals surface area contributed by atoms with Gasteiger partial charge in [0.15, 0.2) is 5.96 Å². The van der Waals surface area contributed by atoms with Gasteiger partial charge >= 0.3 is 0 Å². The van der Waals surface area contributed by atoms with Gasteiger partial charge in [0.05, 0.1) is 6.10 Å². The number of aliphatic imine (C=N–C) groups is 1. The van der Waals surface area contributed by atoms with E-state index in [4.69, 9.17) is 19.2 Å². The van der Waals surface area contributed by atoms with Crippen molar-refractivity contribution in [2.75, 3.05) is 60.2 Å². The molecule has 154 valence electrons. The lowest BCUT2D eigenvalue weighted by molar-refractivity contribution is 0.00988. The molecule has 0 aromatic carbocycles. The Balaban J connectivity index is 0.00000338. The topological polar surface area (TPSA) is 55.3 Å². The molecule has 0 radical (unpaired) electrons. The van der Waals surface area contributed by atoms with Gasteiger partial charge < -0.3 is 24.4 Å². The molecule has 7 heteroatoms. The number of likely N-dealkylation sites (tertiary alicyclic amines) is 1. The van der Waals surface area contributed by atoms with Crippen molar-refractivity contribution >= 4 is 29.9 Å². The van der Waals surface area contributed by atoms with Crippen LogP contribution in [0.4, 0.5) is 0 Å². The van der Waals surface area contributed by atoms with E-state index in [-0.39, 0.29) is 24.0 Å². The predicted octanol–water partition coefficient (Wildman–Crippen LogP) is 2.90. The van der Waals surface area contributed by atoms with Crippen molar-refractivity contribution in [2.45, 2.75) is 51.6 Å². The van der Waals surface area contributed by atoms with Gasteiger partial charge in [0.25, 0.3) is 0 Å². The lowest BCUT2D eigenvalue weighted by atomic mass is 10.0. The largest absolute Gasteiger partial charge is 0.385 e. The quantitative estimate of drug-likeness (QED) is 0.212. The fraction of sp³-hybridized carbons (Fsp3) is 0.947. The Morgan fingerprint density at radius 2 is 1.81 bits per heavy atom. The van der Waals surface area contributed by atoms with E-state index < -0.39 is 0 Å². The normalized spacial score (nSPS) is 20.0. The highest BCUT2D eigenvalue weighted by Crippen LogP contribution is 2.49. The third-order valence-corrected chi connectivity index (χ3v) is 5.28. The molecule has 0 bridgehead atoms. The van der Waals surface area contributed by atoms with E-state index in [9.17, 15) is 0 Å². The molecule has 0 aromatic rings. The number of hydrogen-bond acceptors (Lipinski definition) is 4. The van der Waals surface area contributed by atoms with Gasteiger partial charge in [-0.1, -0.05) is 0 Å². The second kappa shape index (κ2) is 13.1. The van der Waals surface area contributed by atoms with Crippen LogP contribution in [0.3, 0.4) is 0 Å². The highest BCUT2D eigenvalue weighted by molar-refractivity contribution is 14.0. The van der Waals surface area contributed by atoms with Gasteiger partial charge in [0.1, 0.15) is 0 Å². The Labute approximate surface area is 176 Å². The van der Waals surface area contributed by atoms with Gasteiger partial charge in [0.2, 0.25) is 0 Å². The second-order valence-corrected chi connectivity index (χ2v) is 7.32. The van der Waals surface area contributed by atoms with Crippen LogP contribution in [0.2, 0.25) is 0 Å². The summed E-state index contributed by atoms with van der Waals surface area (Å²) in [6.45, 7) is 8.44. The van der Waals surface area contributed by atoms with Gasteiger partial charge in [-0.3, -0.25) is 4.99 Å². The first-order chi connectivity index (χ1) is 12.2. The number of nitrogens with zero attached hydrogens (tertiary/aromatic N) is 2. The smallest absolute Gasteiger partial charge is 0.193 e. The summed E-state index contributed by atoms with van der Waals surface area (Å²) < 4.78 is 16.3. The maximum atomic E-state index is 5.96. The minimum absolute atomic E-state index is 0. The van der Waals surface area contributed by atoms with E-state index in [1.165, 1.54) is 12.8 Å². The molecule has 1 aliphatic carbocycles. The van der Waals surface area contributed by atoms with Crippen molar-refractivity contribution in [1.29, 1.82) is 0 Å². The summed E-state index contributed by atoms with van der Waals surface area (Å²) in [4.78, 5) is 7.35. The molecule has 0 spiro atoms. The Morgan fingerprint density at radius 3 is 2.38 bits per heavy atom. The maximum Gasteiger partial charge on any atom is 0.193 e. The van der Waals surface area contributed by atoms with Crippen LogP contribution in [0.25, 0.3) is 0 Å². The van der Waals surface area contributed by atoms with Gasteiger partial charge in [-0.25, -0.2) is 0 Å². The summed E-state index contributed by atoms with van der Waals surface area (Å²) in [6, 6.07) is 0. The Hall–Kier alpha value is -0.120. The predicted molar refractivity (Wildman–Crippen MR) is 117 cm³/mol. The highest BCUT2D eigenvalue weighted by Gasteiger charge is 2.42. The highest BCUT2D eigenvalue weighted by atomic mass is 127. The molecule has 2 fully saturated rings. The first-order valence-electron chi connectivity index (χ1n) is 9.86. The molecule has 0 atom stereocenters. The van der Waals surface area contributed by atoms with Crippen molar-refractivity contribution in [3.05, 3.63) is 0 Å². The standard InChI is InChI=1S/C19H37N3O3.HI/c1-4-20-18(21-16-19(8-9-19)10-15-24-3)22-11-6-17(7-12-22)25-14-5-13-23-2;/h17H,4-16H2,1-3H3,(H,20,21);1H. The van der Waals surface area contributed by atoms with Crippen molar-refractivity contribution < 1.29 is 14.2 Å². The van der Waals surface area contributed by atoms with Gasteiger partial charge in [-0.15, -0.1) is 24.0 Å². The fourth-order valence-corrected chi connectivity index (χ4v) is 3.34. The maximum absolute atomic E-state index is 5.96. The summed E-state index contributed by atoms with van der Waals surface area (Å²) in [5, 5.41) is 3.47. The molecule has 0 amide bonds. The lowest BCUT2D eigenvalue weighted by Crippen LogP contribution is -2.47.